The maximum absolute atomic E-state index is 12.9. The Labute approximate surface area is 102 Å². The largest absolute Gasteiger partial charge is 0.469 e. The highest BCUT2D eigenvalue weighted by molar-refractivity contribution is 5.61. The van der Waals surface area contributed by atoms with Crippen molar-refractivity contribution >= 4 is 11.4 Å². The van der Waals surface area contributed by atoms with E-state index in [1.54, 1.807) is 12.3 Å². The average Bonchev–Trinajstić information content (AvgIpc) is 2.84. The van der Waals surface area contributed by atoms with Crippen LogP contribution in [0.3, 0.4) is 0 Å². The van der Waals surface area contributed by atoms with Crippen LogP contribution in [0.25, 0.3) is 0 Å². The van der Waals surface area contributed by atoms with Crippen molar-refractivity contribution in [1.82, 2.24) is 0 Å². The van der Waals surface area contributed by atoms with Gasteiger partial charge in [-0.1, -0.05) is 0 Å². The van der Waals surface area contributed by atoms with E-state index in [0.29, 0.717) is 18.7 Å². The Morgan fingerprint density at radius 1 is 1.39 bits per heavy atom. The molecule has 1 heterocycles. The van der Waals surface area contributed by atoms with Crippen molar-refractivity contribution in [3.63, 3.8) is 0 Å². The molecule has 2 rings (SSSR count). The minimum atomic E-state index is -0.627. The van der Waals surface area contributed by atoms with Gasteiger partial charge in [-0.2, -0.15) is 0 Å². The Kier molecular flexibility index (Phi) is 3.57. The number of hydrogen-bond donors (Lipinski definition) is 1. The van der Waals surface area contributed by atoms with E-state index < -0.39 is 10.7 Å². The number of furan rings is 1. The number of nitrogens with one attached hydrogen (secondary N) is 1. The lowest BCUT2D eigenvalue weighted by Crippen LogP contribution is -2.06. The number of benzene rings is 1. The summed E-state index contributed by atoms with van der Waals surface area (Å²) in [7, 11) is 0. The number of nitrogens with zero attached hydrogens (tertiary/aromatic N) is 1. The maximum Gasteiger partial charge on any atom is 0.295 e. The van der Waals surface area contributed by atoms with E-state index in [9.17, 15) is 14.5 Å². The normalized spacial score (nSPS) is 10.3. The highest BCUT2D eigenvalue weighted by atomic mass is 19.1. The summed E-state index contributed by atoms with van der Waals surface area (Å²) in [4.78, 5) is 10.1. The van der Waals surface area contributed by atoms with Crippen LogP contribution < -0.4 is 5.32 Å². The fourth-order valence-electron chi connectivity index (χ4n) is 1.58. The molecule has 6 heteroatoms. The molecule has 0 saturated carbocycles. The zero-order valence-electron chi connectivity index (χ0n) is 9.43. The fourth-order valence-corrected chi connectivity index (χ4v) is 1.58. The first-order valence-electron chi connectivity index (χ1n) is 5.37. The zero-order valence-corrected chi connectivity index (χ0v) is 9.43. The minimum absolute atomic E-state index is 0.269. The van der Waals surface area contributed by atoms with Crippen LogP contribution >= 0.6 is 0 Å². The molecule has 0 fully saturated rings. The minimum Gasteiger partial charge on any atom is -0.469 e. The Bertz CT molecular complexity index is 540. The molecule has 94 valence electrons. The van der Waals surface area contributed by atoms with E-state index in [2.05, 4.69) is 5.32 Å². The Morgan fingerprint density at radius 2 is 2.22 bits per heavy atom. The van der Waals surface area contributed by atoms with Gasteiger partial charge in [-0.15, -0.1) is 0 Å². The topological polar surface area (TPSA) is 68.3 Å². The summed E-state index contributed by atoms with van der Waals surface area (Å²) in [6.07, 6.45) is 2.16. The van der Waals surface area contributed by atoms with Gasteiger partial charge in [0, 0.05) is 13.0 Å². The summed E-state index contributed by atoms with van der Waals surface area (Å²) in [6, 6.07) is 7.03. The van der Waals surface area contributed by atoms with Crippen molar-refractivity contribution in [2.45, 2.75) is 6.42 Å². The predicted molar refractivity (Wildman–Crippen MR) is 64.0 cm³/mol. The van der Waals surface area contributed by atoms with Crippen molar-refractivity contribution in [2.24, 2.45) is 0 Å². The maximum atomic E-state index is 12.9. The van der Waals surface area contributed by atoms with Crippen molar-refractivity contribution in [3.8, 4) is 0 Å². The monoisotopic (exact) mass is 250 g/mol. The van der Waals surface area contributed by atoms with Crippen LogP contribution in [-0.4, -0.2) is 11.5 Å². The average molecular weight is 250 g/mol. The van der Waals surface area contributed by atoms with Crippen molar-refractivity contribution < 1.29 is 13.7 Å². The second-order valence-corrected chi connectivity index (χ2v) is 3.67. The van der Waals surface area contributed by atoms with Gasteiger partial charge in [-0.3, -0.25) is 10.1 Å². The third-order valence-electron chi connectivity index (χ3n) is 2.42. The van der Waals surface area contributed by atoms with Gasteiger partial charge >= 0.3 is 0 Å². The highest BCUT2D eigenvalue weighted by Crippen LogP contribution is 2.24. The standard InChI is InChI=1S/C12H11FN2O3/c13-9-3-4-11(12(8-9)15(16)17)14-6-5-10-2-1-7-18-10/h1-4,7-8,14H,5-6H2. The molecule has 18 heavy (non-hydrogen) atoms. The summed E-state index contributed by atoms with van der Waals surface area (Å²) >= 11 is 0. The summed E-state index contributed by atoms with van der Waals surface area (Å²) in [6.45, 7) is 0.472. The van der Waals surface area contributed by atoms with Crippen LogP contribution in [0.5, 0.6) is 0 Å². The van der Waals surface area contributed by atoms with Crippen molar-refractivity contribution in [1.29, 1.82) is 0 Å². The number of hydrogen-bond acceptors (Lipinski definition) is 4. The van der Waals surface area contributed by atoms with E-state index in [1.165, 1.54) is 12.1 Å². The lowest BCUT2D eigenvalue weighted by Gasteiger charge is -2.05. The number of nitro groups is 1. The number of halogens is 1. The Hall–Kier alpha value is -2.37. The van der Waals surface area contributed by atoms with Crippen LogP contribution in [0, 0.1) is 15.9 Å². The predicted octanol–water partition coefficient (Wildman–Crippen LogP) is 2.98. The van der Waals surface area contributed by atoms with Gasteiger partial charge in [0.05, 0.1) is 17.3 Å². The van der Waals surface area contributed by atoms with E-state index in [1.807, 2.05) is 6.07 Å². The third kappa shape index (κ3) is 2.85. The highest BCUT2D eigenvalue weighted by Gasteiger charge is 2.14. The van der Waals surface area contributed by atoms with Gasteiger partial charge in [0.1, 0.15) is 17.3 Å². The quantitative estimate of drug-likeness (QED) is 0.654. The van der Waals surface area contributed by atoms with Gasteiger partial charge in [0.25, 0.3) is 5.69 Å². The number of nitro benzene ring substituents is 1. The van der Waals surface area contributed by atoms with Gasteiger partial charge < -0.3 is 9.73 Å². The SMILES string of the molecule is O=[N+]([O-])c1cc(F)ccc1NCCc1ccco1. The molecule has 1 N–H and O–H groups in total. The lowest BCUT2D eigenvalue weighted by atomic mass is 10.2. The molecule has 2 aromatic rings. The molecule has 0 amide bonds. The summed E-state index contributed by atoms with van der Waals surface area (Å²) in [5, 5.41) is 13.6. The van der Waals surface area contributed by atoms with Gasteiger partial charge in [0.2, 0.25) is 0 Å². The van der Waals surface area contributed by atoms with Crippen LogP contribution in [0.4, 0.5) is 15.8 Å². The first kappa shape index (κ1) is 12.1. The molecule has 0 aliphatic heterocycles. The van der Waals surface area contributed by atoms with Gasteiger partial charge in [0.15, 0.2) is 0 Å². The van der Waals surface area contributed by atoms with Crippen LogP contribution in [0.1, 0.15) is 5.76 Å². The van der Waals surface area contributed by atoms with Crippen LogP contribution in [0.2, 0.25) is 0 Å². The molecule has 0 aliphatic rings. The fraction of sp³-hybridized carbons (Fsp3) is 0.167. The molecule has 1 aromatic heterocycles. The molecule has 0 aliphatic carbocycles. The van der Waals surface area contributed by atoms with Crippen molar-refractivity contribution in [3.05, 3.63) is 58.3 Å². The second kappa shape index (κ2) is 5.31. The molecule has 5 nitrogen and oxygen atoms in total. The molecular formula is C12H11FN2O3. The molecular weight excluding hydrogens is 239 g/mol. The Balaban J connectivity index is 2.02. The molecule has 0 bridgehead atoms. The second-order valence-electron chi connectivity index (χ2n) is 3.67. The number of anilines is 1. The first-order valence-corrected chi connectivity index (χ1v) is 5.37. The molecule has 0 radical (unpaired) electrons. The molecule has 0 saturated heterocycles. The smallest absolute Gasteiger partial charge is 0.295 e. The van der Waals surface area contributed by atoms with Gasteiger partial charge in [-0.05, 0) is 24.3 Å². The molecule has 0 atom stereocenters. The van der Waals surface area contributed by atoms with Crippen molar-refractivity contribution in [2.75, 3.05) is 11.9 Å². The van der Waals surface area contributed by atoms with Gasteiger partial charge in [-0.25, -0.2) is 4.39 Å². The summed E-state index contributed by atoms with van der Waals surface area (Å²) in [5.41, 5.74) is 0.0300. The Morgan fingerprint density at radius 3 is 2.89 bits per heavy atom. The van der Waals surface area contributed by atoms with E-state index >= 15 is 0 Å². The van der Waals surface area contributed by atoms with E-state index in [4.69, 9.17) is 4.42 Å². The molecule has 1 aromatic carbocycles. The van der Waals surface area contributed by atoms with E-state index in [-0.39, 0.29) is 5.69 Å². The zero-order chi connectivity index (χ0) is 13.0. The number of rotatable bonds is 5. The lowest BCUT2D eigenvalue weighted by molar-refractivity contribution is -0.384. The third-order valence-corrected chi connectivity index (χ3v) is 2.42. The summed E-state index contributed by atoms with van der Waals surface area (Å²) < 4.78 is 18.0. The van der Waals surface area contributed by atoms with Crippen LogP contribution in [0.15, 0.2) is 41.0 Å². The molecule has 0 spiro atoms. The van der Waals surface area contributed by atoms with Crippen LogP contribution in [-0.2, 0) is 6.42 Å². The summed E-state index contributed by atoms with van der Waals surface area (Å²) in [5.74, 6) is 0.158. The van der Waals surface area contributed by atoms with E-state index in [0.717, 1.165) is 11.8 Å². The molecule has 0 unspecified atom stereocenters. The first-order chi connectivity index (χ1) is 8.66.